The van der Waals surface area contributed by atoms with Crippen LogP contribution >= 0.6 is 0 Å². The fourth-order valence-corrected chi connectivity index (χ4v) is 2.45. The summed E-state index contributed by atoms with van der Waals surface area (Å²) >= 11 is 0. The van der Waals surface area contributed by atoms with Crippen molar-refractivity contribution >= 4 is 5.91 Å². The van der Waals surface area contributed by atoms with Gasteiger partial charge in [0.05, 0.1) is 5.56 Å². The summed E-state index contributed by atoms with van der Waals surface area (Å²) in [6.45, 7) is 1.28. The van der Waals surface area contributed by atoms with Crippen molar-refractivity contribution in [3.05, 3.63) is 35.4 Å². The van der Waals surface area contributed by atoms with Gasteiger partial charge in [-0.15, -0.1) is 0 Å². The van der Waals surface area contributed by atoms with E-state index in [9.17, 15) is 13.6 Å². The molecular formula is C13H16F2N2O. The van der Waals surface area contributed by atoms with Gasteiger partial charge in [-0.3, -0.25) is 9.69 Å². The highest BCUT2D eigenvalue weighted by Gasteiger charge is 2.31. The summed E-state index contributed by atoms with van der Waals surface area (Å²) < 4.78 is 27.5. The molecule has 1 aliphatic rings. The van der Waals surface area contributed by atoms with Crippen LogP contribution < -0.4 is 5.73 Å². The number of primary amides is 1. The smallest absolute Gasteiger partial charge is 0.239 e. The molecule has 1 unspecified atom stereocenters. The van der Waals surface area contributed by atoms with Gasteiger partial charge in [-0.2, -0.15) is 0 Å². The summed E-state index contributed by atoms with van der Waals surface area (Å²) in [6, 6.07) is 2.57. The fourth-order valence-electron chi connectivity index (χ4n) is 2.45. The van der Waals surface area contributed by atoms with Gasteiger partial charge in [0.1, 0.15) is 17.7 Å². The van der Waals surface area contributed by atoms with E-state index in [1.165, 1.54) is 6.07 Å². The van der Waals surface area contributed by atoms with Gasteiger partial charge < -0.3 is 5.73 Å². The standard InChI is InChI=1S/C13H16F2N2O/c14-9-5-4-6-10(15)11(9)12(13(16)18)17-7-2-1-3-8-17/h4-6,12H,1-3,7-8H2,(H2,16,18). The van der Waals surface area contributed by atoms with Crippen molar-refractivity contribution in [1.29, 1.82) is 0 Å². The van der Waals surface area contributed by atoms with Crippen molar-refractivity contribution in [3.63, 3.8) is 0 Å². The van der Waals surface area contributed by atoms with E-state index in [0.29, 0.717) is 13.1 Å². The van der Waals surface area contributed by atoms with Crippen molar-refractivity contribution in [2.24, 2.45) is 5.73 Å². The molecule has 0 aromatic heterocycles. The maximum absolute atomic E-state index is 13.7. The van der Waals surface area contributed by atoms with Crippen LogP contribution in [-0.4, -0.2) is 23.9 Å². The first-order valence-corrected chi connectivity index (χ1v) is 6.08. The molecule has 1 aromatic rings. The zero-order valence-corrected chi connectivity index (χ0v) is 10.0. The first kappa shape index (κ1) is 13.0. The van der Waals surface area contributed by atoms with Gasteiger partial charge in [0, 0.05) is 0 Å². The highest BCUT2D eigenvalue weighted by molar-refractivity contribution is 5.81. The molecule has 1 saturated heterocycles. The van der Waals surface area contributed by atoms with Gasteiger partial charge in [-0.05, 0) is 38.1 Å². The van der Waals surface area contributed by atoms with Gasteiger partial charge in [-0.1, -0.05) is 12.5 Å². The predicted molar refractivity (Wildman–Crippen MR) is 63.7 cm³/mol. The molecule has 98 valence electrons. The summed E-state index contributed by atoms with van der Waals surface area (Å²) in [4.78, 5) is 13.3. The fraction of sp³-hybridized carbons (Fsp3) is 0.462. The summed E-state index contributed by atoms with van der Waals surface area (Å²) in [5, 5.41) is 0. The second-order valence-corrected chi connectivity index (χ2v) is 4.54. The summed E-state index contributed by atoms with van der Waals surface area (Å²) in [6.07, 6.45) is 2.90. The molecule has 0 spiro atoms. The zero-order chi connectivity index (χ0) is 13.1. The topological polar surface area (TPSA) is 46.3 Å². The molecular weight excluding hydrogens is 238 g/mol. The minimum Gasteiger partial charge on any atom is -0.368 e. The van der Waals surface area contributed by atoms with Crippen LogP contribution in [0, 0.1) is 11.6 Å². The number of amides is 1. The van der Waals surface area contributed by atoms with E-state index < -0.39 is 23.6 Å². The Balaban J connectivity index is 2.37. The number of carbonyl (C=O) groups is 1. The Bertz CT molecular complexity index is 424. The maximum atomic E-state index is 13.7. The maximum Gasteiger partial charge on any atom is 0.239 e. The summed E-state index contributed by atoms with van der Waals surface area (Å²) in [5.41, 5.74) is 5.09. The van der Waals surface area contributed by atoms with Gasteiger partial charge >= 0.3 is 0 Å². The largest absolute Gasteiger partial charge is 0.368 e. The van der Waals surface area contributed by atoms with Gasteiger partial charge in [0.25, 0.3) is 0 Å². The zero-order valence-electron chi connectivity index (χ0n) is 10.0. The van der Waals surface area contributed by atoms with Gasteiger partial charge in [0.15, 0.2) is 0 Å². The second kappa shape index (κ2) is 5.44. The van der Waals surface area contributed by atoms with Crippen LogP contribution in [0.2, 0.25) is 0 Å². The van der Waals surface area contributed by atoms with Crippen LogP contribution in [0.4, 0.5) is 8.78 Å². The number of hydrogen-bond acceptors (Lipinski definition) is 2. The number of nitrogens with zero attached hydrogens (tertiary/aromatic N) is 1. The van der Waals surface area contributed by atoms with E-state index in [0.717, 1.165) is 31.4 Å². The van der Waals surface area contributed by atoms with Crippen LogP contribution in [0.1, 0.15) is 30.9 Å². The first-order valence-electron chi connectivity index (χ1n) is 6.08. The number of piperidine rings is 1. The lowest BCUT2D eigenvalue weighted by molar-refractivity contribution is -0.124. The lowest BCUT2D eigenvalue weighted by atomic mass is 10.00. The predicted octanol–water partition coefficient (Wildman–Crippen LogP) is 1.98. The molecule has 3 nitrogen and oxygen atoms in total. The number of rotatable bonds is 3. The molecule has 1 atom stereocenters. The third kappa shape index (κ3) is 2.51. The van der Waals surface area contributed by atoms with Gasteiger partial charge in [-0.25, -0.2) is 8.78 Å². The minimum atomic E-state index is -1.01. The molecule has 18 heavy (non-hydrogen) atoms. The van der Waals surface area contributed by atoms with E-state index in [1.807, 2.05) is 0 Å². The monoisotopic (exact) mass is 254 g/mol. The van der Waals surface area contributed by atoms with Gasteiger partial charge in [0.2, 0.25) is 5.91 Å². The lowest BCUT2D eigenvalue weighted by Crippen LogP contribution is -2.41. The first-order chi connectivity index (χ1) is 8.61. The Kier molecular flexibility index (Phi) is 3.91. The van der Waals surface area contributed by atoms with E-state index in [4.69, 9.17) is 5.73 Å². The highest BCUT2D eigenvalue weighted by atomic mass is 19.1. The number of benzene rings is 1. The summed E-state index contributed by atoms with van der Waals surface area (Å²) in [5.74, 6) is -2.14. The van der Waals surface area contributed by atoms with E-state index in [-0.39, 0.29) is 5.56 Å². The Hall–Kier alpha value is -1.49. The van der Waals surface area contributed by atoms with E-state index in [2.05, 4.69) is 0 Å². The Morgan fingerprint density at radius 2 is 1.72 bits per heavy atom. The minimum absolute atomic E-state index is 0.230. The van der Waals surface area contributed by atoms with E-state index >= 15 is 0 Å². The third-order valence-corrected chi connectivity index (χ3v) is 3.30. The van der Waals surface area contributed by atoms with Crippen molar-refractivity contribution in [2.75, 3.05) is 13.1 Å². The normalized spacial score (nSPS) is 18.6. The summed E-state index contributed by atoms with van der Waals surface area (Å²) in [7, 11) is 0. The molecule has 0 bridgehead atoms. The number of hydrogen-bond donors (Lipinski definition) is 1. The Morgan fingerprint density at radius 3 is 2.22 bits per heavy atom. The average Bonchev–Trinajstić information content (AvgIpc) is 2.34. The molecule has 1 aliphatic heterocycles. The van der Waals surface area contributed by atoms with Crippen LogP contribution in [-0.2, 0) is 4.79 Å². The Morgan fingerprint density at radius 1 is 1.17 bits per heavy atom. The second-order valence-electron chi connectivity index (χ2n) is 4.54. The molecule has 0 saturated carbocycles. The SMILES string of the molecule is NC(=O)C(c1c(F)cccc1F)N1CCCCC1. The average molecular weight is 254 g/mol. The number of likely N-dealkylation sites (tertiary alicyclic amines) is 1. The van der Waals surface area contributed by atoms with Crippen LogP contribution in [0.5, 0.6) is 0 Å². The molecule has 1 amide bonds. The quantitative estimate of drug-likeness (QED) is 0.896. The number of nitrogens with two attached hydrogens (primary N) is 1. The van der Waals surface area contributed by atoms with Crippen molar-refractivity contribution in [3.8, 4) is 0 Å². The van der Waals surface area contributed by atoms with Crippen molar-refractivity contribution < 1.29 is 13.6 Å². The van der Waals surface area contributed by atoms with Crippen LogP contribution in [0.3, 0.4) is 0 Å². The molecule has 0 aliphatic carbocycles. The van der Waals surface area contributed by atoms with Crippen molar-refractivity contribution in [2.45, 2.75) is 25.3 Å². The molecule has 1 fully saturated rings. The van der Waals surface area contributed by atoms with Crippen LogP contribution in [0.15, 0.2) is 18.2 Å². The number of halogens is 2. The molecule has 2 rings (SSSR count). The third-order valence-electron chi connectivity index (χ3n) is 3.30. The molecule has 0 radical (unpaired) electrons. The number of carbonyl (C=O) groups excluding carboxylic acids is 1. The molecule has 1 aromatic carbocycles. The van der Waals surface area contributed by atoms with Crippen molar-refractivity contribution in [1.82, 2.24) is 4.90 Å². The molecule has 5 heteroatoms. The van der Waals surface area contributed by atoms with Crippen LogP contribution in [0.25, 0.3) is 0 Å². The molecule has 2 N–H and O–H groups in total. The van der Waals surface area contributed by atoms with E-state index in [1.54, 1.807) is 4.90 Å². The highest BCUT2D eigenvalue weighted by Crippen LogP contribution is 2.28. The Labute approximate surface area is 105 Å². The molecule has 1 heterocycles. The lowest BCUT2D eigenvalue weighted by Gasteiger charge is -2.33.